The number of aromatic nitrogens is 1. The molecular formula is C11H12N2O5. The molecule has 0 bridgehead atoms. The summed E-state index contributed by atoms with van der Waals surface area (Å²) in [7, 11) is 0. The number of aliphatic hydroxyl groups excluding tert-OH is 1. The minimum Gasteiger partial charge on any atom is -0.408 e. The van der Waals surface area contributed by atoms with Crippen LogP contribution in [-0.2, 0) is 0 Å². The third-order valence-electron chi connectivity index (χ3n) is 2.91. The number of rotatable bonds is 3. The highest BCUT2D eigenvalue weighted by molar-refractivity contribution is 5.76. The van der Waals surface area contributed by atoms with Crippen LogP contribution in [0.15, 0.2) is 27.4 Å². The second kappa shape index (κ2) is 4.26. The number of aliphatic hydroxyl groups is 1. The molecule has 7 heteroatoms. The SMILES string of the molecule is CC(O)C(C)n1c(=O)oc2ccc([N+](=O)[O-])cc21. The lowest BCUT2D eigenvalue weighted by atomic mass is 10.2. The van der Waals surface area contributed by atoms with Gasteiger partial charge in [0.1, 0.15) is 0 Å². The van der Waals surface area contributed by atoms with Crippen LogP contribution in [0.1, 0.15) is 19.9 Å². The lowest BCUT2D eigenvalue weighted by molar-refractivity contribution is -0.384. The first kappa shape index (κ1) is 12.3. The van der Waals surface area contributed by atoms with Crippen molar-refractivity contribution in [3.63, 3.8) is 0 Å². The number of nitro groups is 1. The largest absolute Gasteiger partial charge is 0.420 e. The molecule has 96 valence electrons. The third-order valence-corrected chi connectivity index (χ3v) is 2.91. The first-order valence-electron chi connectivity index (χ1n) is 5.39. The molecule has 0 aliphatic carbocycles. The van der Waals surface area contributed by atoms with E-state index in [-0.39, 0.29) is 11.3 Å². The number of fused-ring (bicyclic) bond motifs is 1. The predicted molar refractivity (Wildman–Crippen MR) is 63.5 cm³/mol. The number of hydrogen-bond acceptors (Lipinski definition) is 5. The van der Waals surface area contributed by atoms with Crippen LogP contribution in [-0.4, -0.2) is 20.7 Å². The van der Waals surface area contributed by atoms with E-state index >= 15 is 0 Å². The van der Waals surface area contributed by atoms with E-state index in [4.69, 9.17) is 4.42 Å². The molecule has 1 heterocycles. The van der Waals surface area contributed by atoms with E-state index in [2.05, 4.69) is 0 Å². The molecule has 0 aliphatic heterocycles. The first-order chi connectivity index (χ1) is 8.41. The normalized spacial score (nSPS) is 14.6. The van der Waals surface area contributed by atoms with Gasteiger partial charge < -0.3 is 9.52 Å². The Labute approximate surface area is 101 Å². The maximum atomic E-state index is 11.7. The molecule has 0 radical (unpaired) electrons. The number of oxazole rings is 1. The van der Waals surface area contributed by atoms with Crippen LogP contribution in [0.5, 0.6) is 0 Å². The first-order valence-corrected chi connectivity index (χ1v) is 5.39. The fourth-order valence-corrected chi connectivity index (χ4v) is 1.74. The van der Waals surface area contributed by atoms with Gasteiger partial charge in [0.25, 0.3) is 5.69 Å². The monoisotopic (exact) mass is 252 g/mol. The van der Waals surface area contributed by atoms with Gasteiger partial charge in [-0.3, -0.25) is 14.7 Å². The zero-order chi connectivity index (χ0) is 13.4. The lowest BCUT2D eigenvalue weighted by Crippen LogP contribution is -2.26. The maximum absolute atomic E-state index is 11.7. The fourth-order valence-electron chi connectivity index (χ4n) is 1.74. The summed E-state index contributed by atoms with van der Waals surface area (Å²) in [6, 6.07) is 3.38. The summed E-state index contributed by atoms with van der Waals surface area (Å²) in [6.07, 6.45) is -0.775. The fraction of sp³-hybridized carbons (Fsp3) is 0.364. The van der Waals surface area contributed by atoms with Crippen LogP contribution in [0.3, 0.4) is 0 Å². The van der Waals surface area contributed by atoms with E-state index in [1.807, 2.05) is 0 Å². The molecule has 2 rings (SSSR count). The Balaban J connectivity index is 2.71. The van der Waals surface area contributed by atoms with E-state index in [0.717, 1.165) is 0 Å². The van der Waals surface area contributed by atoms with E-state index in [0.29, 0.717) is 5.52 Å². The third kappa shape index (κ3) is 1.88. The van der Waals surface area contributed by atoms with Gasteiger partial charge in [-0.05, 0) is 19.9 Å². The van der Waals surface area contributed by atoms with Gasteiger partial charge in [0.15, 0.2) is 5.58 Å². The van der Waals surface area contributed by atoms with Crippen LogP contribution < -0.4 is 5.76 Å². The smallest absolute Gasteiger partial charge is 0.408 e. The zero-order valence-corrected chi connectivity index (χ0v) is 9.86. The molecule has 2 atom stereocenters. The van der Waals surface area contributed by atoms with Gasteiger partial charge in [-0.2, -0.15) is 0 Å². The second-order valence-electron chi connectivity index (χ2n) is 4.13. The van der Waals surface area contributed by atoms with Crippen molar-refractivity contribution in [2.24, 2.45) is 0 Å². The van der Waals surface area contributed by atoms with Gasteiger partial charge in [0.2, 0.25) is 0 Å². The van der Waals surface area contributed by atoms with Gasteiger partial charge >= 0.3 is 5.76 Å². The summed E-state index contributed by atoms with van der Waals surface area (Å²) in [6.45, 7) is 3.17. The second-order valence-corrected chi connectivity index (χ2v) is 4.13. The average molecular weight is 252 g/mol. The number of benzene rings is 1. The van der Waals surface area contributed by atoms with Crippen LogP contribution in [0.4, 0.5) is 5.69 Å². The van der Waals surface area contributed by atoms with Crippen molar-refractivity contribution in [2.45, 2.75) is 26.0 Å². The van der Waals surface area contributed by atoms with Crippen molar-refractivity contribution in [1.29, 1.82) is 0 Å². The Morgan fingerprint density at radius 3 is 2.67 bits per heavy atom. The van der Waals surface area contributed by atoms with Crippen LogP contribution in [0, 0.1) is 10.1 Å². The molecule has 1 N–H and O–H groups in total. The topological polar surface area (TPSA) is 98.5 Å². The van der Waals surface area contributed by atoms with Crippen molar-refractivity contribution in [2.75, 3.05) is 0 Å². The maximum Gasteiger partial charge on any atom is 0.420 e. The quantitative estimate of drug-likeness (QED) is 0.658. The van der Waals surface area contributed by atoms with Crippen molar-refractivity contribution in [3.8, 4) is 0 Å². The Morgan fingerprint density at radius 2 is 2.11 bits per heavy atom. The molecule has 0 spiro atoms. The Kier molecular flexibility index (Phi) is 2.92. The minimum atomic E-state index is -0.775. The van der Waals surface area contributed by atoms with E-state index in [9.17, 15) is 20.0 Å². The molecule has 1 aromatic heterocycles. The summed E-state index contributed by atoms with van der Waals surface area (Å²) < 4.78 is 6.19. The van der Waals surface area contributed by atoms with Crippen molar-refractivity contribution in [3.05, 3.63) is 38.9 Å². The van der Waals surface area contributed by atoms with E-state index < -0.39 is 22.8 Å². The van der Waals surface area contributed by atoms with Crippen molar-refractivity contribution < 1.29 is 14.4 Å². The summed E-state index contributed by atoms with van der Waals surface area (Å²) in [5, 5.41) is 20.2. The molecule has 0 saturated carbocycles. The average Bonchev–Trinajstić information content (AvgIpc) is 2.62. The van der Waals surface area contributed by atoms with Gasteiger partial charge in [-0.15, -0.1) is 0 Å². The zero-order valence-electron chi connectivity index (χ0n) is 9.86. The molecule has 0 saturated heterocycles. The Bertz CT molecular complexity index is 655. The summed E-state index contributed by atoms with van der Waals surface area (Å²) in [5.74, 6) is -0.640. The molecule has 0 aliphatic rings. The van der Waals surface area contributed by atoms with Crippen LogP contribution in [0.25, 0.3) is 11.1 Å². The number of hydrogen-bond donors (Lipinski definition) is 1. The number of non-ortho nitro benzene ring substituents is 1. The van der Waals surface area contributed by atoms with Gasteiger partial charge in [0, 0.05) is 12.1 Å². The summed E-state index contributed by atoms with van der Waals surface area (Å²) in [4.78, 5) is 21.8. The molecule has 0 fully saturated rings. The molecular weight excluding hydrogens is 240 g/mol. The van der Waals surface area contributed by atoms with Crippen molar-refractivity contribution >= 4 is 16.8 Å². The summed E-state index contributed by atoms with van der Waals surface area (Å²) >= 11 is 0. The van der Waals surface area contributed by atoms with Crippen molar-refractivity contribution in [1.82, 2.24) is 4.57 Å². The molecule has 0 amide bonds. The highest BCUT2D eigenvalue weighted by atomic mass is 16.6. The molecule has 2 aromatic rings. The predicted octanol–water partition coefficient (Wildman–Crippen LogP) is 1.44. The van der Waals surface area contributed by atoms with E-state index in [1.54, 1.807) is 6.92 Å². The number of nitrogens with zero attached hydrogens (tertiary/aromatic N) is 2. The number of nitro benzene ring substituents is 1. The van der Waals surface area contributed by atoms with Crippen LogP contribution >= 0.6 is 0 Å². The molecule has 1 aromatic carbocycles. The highest BCUT2D eigenvalue weighted by Crippen LogP contribution is 2.23. The minimum absolute atomic E-state index is 0.130. The van der Waals surface area contributed by atoms with E-state index in [1.165, 1.54) is 29.7 Å². The molecule has 7 nitrogen and oxygen atoms in total. The Morgan fingerprint density at radius 1 is 1.44 bits per heavy atom. The van der Waals surface area contributed by atoms with Gasteiger partial charge in [0.05, 0.1) is 22.6 Å². The molecule has 2 unspecified atom stereocenters. The Hall–Kier alpha value is -2.15. The van der Waals surface area contributed by atoms with Gasteiger partial charge in [-0.1, -0.05) is 0 Å². The lowest BCUT2D eigenvalue weighted by Gasteiger charge is -2.15. The highest BCUT2D eigenvalue weighted by Gasteiger charge is 2.20. The standard InChI is InChI=1S/C11H12N2O5/c1-6(7(2)14)12-9-5-8(13(16)17)3-4-10(9)18-11(12)15/h3-7,14H,1-2H3. The molecule has 18 heavy (non-hydrogen) atoms. The van der Waals surface area contributed by atoms with Crippen LogP contribution in [0.2, 0.25) is 0 Å². The van der Waals surface area contributed by atoms with Gasteiger partial charge in [-0.25, -0.2) is 4.79 Å². The summed E-state index contributed by atoms with van der Waals surface area (Å²) in [5.41, 5.74) is 0.440.